The Bertz CT molecular complexity index is 462. The highest BCUT2D eigenvalue weighted by atomic mass is 16.5. The SMILES string of the molecule is C[C@@H]1CCCN(CC(=O)Nc2cc(C(C)(C)C)no2)C1. The predicted octanol–water partition coefficient (Wildman–Crippen LogP) is 2.64. The zero-order valence-electron chi connectivity index (χ0n) is 12.9. The molecular formula is C15H25N3O2. The first kappa shape index (κ1) is 15.0. The number of rotatable bonds is 3. The number of carbonyl (C=O) groups is 1. The molecule has 0 aromatic carbocycles. The summed E-state index contributed by atoms with van der Waals surface area (Å²) in [6.45, 7) is 10.8. The monoisotopic (exact) mass is 279 g/mol. The van der Waals surface area contributed by atoms with E-state index in [2.05, 4.69) is 43.1 Å². The van der Waals surface area contributed by atoms with Crippen LogP contribution in [-0.2, 0) is 10.2 Å². The molecule has 0 spiro atoms. The van der Waals surface area contributed by atoms with Crippen LogP contribution in [0.2, 0.25) is 0 Å². The molecule has 2 heterocycles. The number of amides is 1. The van der Waals surface area contributed by atoms with Gasteiger partial charge in [-0.15, -0.1) is 0 Å². The number of likely N-dealkylation sites (tertiary alicyclic amines) is 1. The molecule has 1 N–H and O–H groups in total. The van der Waals surface area contributed by atoms with Crippen LogP contribution in [0.5, 0.6) is 0 Å². The lowest BCUT2D eigenvalue weighted by atomic mass is 9.92. The molecule has 0 aliphatic carbocycles. The molecule has 0 bridgehead atoms. The lowest BCUT2D eigenvalue weighted by Crippen LogP contribution is -2.39. The van der Waals surface area contributed by atoms with Crippen LogP contribution in [-0.4, -0.2) is 35.6 Å². The van der Waals surface area contributed by atoms with E-state index in [9.17, 15) is 4.79 Å². The van der Waals surface area contributed by atoms with E-state index in [4.69, 9.17) is 4.52 Å². The molecule has 1 aromatic rings. The van der Waals surface area contributed by atoms with Crippen molar-refractivity contribution in [3.8, 4) is 0 Å². The maximum atomic E-state index is 12.0. The van der Waals surface area contributed by atoms with Gasteiger partial charge >= 0.3 is 0 Å². The zero-order chi connectivity index (χ0) is 14.8. The molecule has 0 saturated carbocycles. The third-order valence-electron chi connectivity index (χ3n) is 3.65. The molecule has 0 radical (unpaired) electrons. The van der Waals surface area contributed by atoms with E-state index in [0.29, 0.717) is 18.3 Å². The molecule has 1 fully saturated rings. The van der Waals surface area contributed by atoms with Gasteiger partial charge in [-0.25, -0.2) is 0 Å². The van der Waals surface area contributed by atoms with Crippen molar-refractivity contribution in [1.82, 2.24) is 10.1 Å². The van der Waals surface area contributed by atoms with Crippen molar-refractivity contribution >= 4 is 11.8 Å². The molecule has 20 heavy (non-hydrogen) atoms. The molecule has 1 atom stereocenters. The zero-order valence-corrected chi connectivity index (χ0v) is 12.9. The molecule has 1 aromatic heterocycles. The van der Waals surface area contributed by atoms with Gasteiger partial charge in [0.05, 0.1) is 12.2 Å². The summed E-state index contributed by atoms with van der Waals surface area (Å²) in [5, 5.41) is 6.78. The van der Waals surface area contributed by atoms with E-state index in [-0.39, 0.29) is 11.3 Å². The third-order valence-corrected chi connectivity index (χ3v) is 3.65. The molecule has 1 aliphatic heterocycles. The lowest BCUT2D eigenvalue weighted by molar-refractivity contribution is -0.117. The number of hydrogen-bond donors (Lipinski definition) is 1. The first-order valence-corrected chi connectivity index (χ1v) is 7.34. The van der Waals surface area contributed by atoms with Crippen molar-refractivity contribution in [2.75, 3.05) is 25.0 Å². The van der Waals surface area contributed by atoms with Gasteiger partial charge in [0.2, 0.25) is 11.8 Å². The second-order valence-electron chi connectivity index (χ2n) is 6.86. The Kier molecular flexibility index (Phi) is 4.48. The summed E-state index contributed by atoms with van der Waals surface area (Å²) in [6, 6.07) is 1.80. The number of aromatic nitrogens is 1. The Hall–Kier alpha value is -1.36. The summed E-state index contributed by atoms with van der Waals surface area (Å²) < 4.78 is 5.17. The van der Waals surface area contributed by atoms with Crippen LogP contribution in [0.4, 0.5) is 5.88 Å². The minimum atomic E-state index is -0.0746. The van der Waals surface area contributed by atoms with Crippen LogP contribution in [0.15, 0.2) is 10.6 Å². The molecule has 5 nitrogen and oxygen atoms in total. The van der Waals surface area contributed by atoms with Gasteiger partial charge in [0.25, 0.3) is 0 Å². The van der Waals surface area contributed by atoms with Gasteiger partial charge in [0, 0.05) is 18.0 Å². The van der Waals surface area contributed by atoms with Crippen LogP contribution in [0, 0.1) is 5.92 Å². The van der Waals surface area contributed by atoms with Crippen molar-refractivity contribution in [2.24, 2.45) is 5.92 Å². The Labute approximate surface area is 120 Å². The molecular weight excluding hydrogens is 254 g/mol. The summed E-state index contributed by atoms with van der Waals surface area (Å²) in [5.41, 5.74) is 0.772. The van der Waals surface area contributed by atoms with Gasteiger partial charge < -0.3 is 4.52 Å². The summed E-state index contributed by atoms with van der Waals surface area (Å²) in [4.78, 5) is 14.2. The first-order chi connectivity index (χ1) is 9.34. The molecule has 1 amide bonds. The van der Waals surface area contributed by atoms with E-state index in [1.165, 1.54) is 12.8 Å². The fourth-order valence-electron chi connectivity index (χ4n) is 2.50. The topological polar surface area (TPSA) is 58.4 Å². The molecule has 112 valence electrons. The standard InChI is InChI=1S/C15H25N3O2/c1-11-6-5-7-18(9-11)10-13(19)16-14-8-12(17-20-14)15(2,3)4/h8,11H,5-7,9-10H2,1-4H3,(H,16,19)/t11-/m1/s1. The van der Waals surface area contributed by atoms with Gasteiger partial charge in [-0.1, -0.05) is 32.9 Å². The molecule has 1 aliphatic rings. The Balaban J connectivity index is 1.86. The van der Waals surface area contributed by atoms with E-state index < -0.39 is 0 Å². The van der Waals surface area contributed by atoms with Crippen molar-refractivity contribution < 1.29 is 9.32 Å². The largest absolute Gasteiger partial charge is 0.338 e. The quantitative estimate of drug-likeness (QED) is 0.924. The number of hydrogen-bond acceptors (Lipinski definition) is 4. The van der Waals surface area contributed by atoms with Gasteiger partial charge in [-0.05, 0) is 25.3 Å². The van der Waals surface area contributed by atoms with E-state index in [0.717, 1.165) is 18.8 Å². The van der Waals surface area contributed by atoms with Gasteiger partial charge in [0.1, 0.15) is 0 Å². The van der Waals surface area contributed by atoms with Gasteiger partial charge in [0.15, 0.2) is 0 Å². The van der Waals surface area contributed by atoms with Crippen LogP contribution in [0.1, 0.15) is 46.2 Å². The van der Waals surface area contributed by atoms with Gasteiger partial charge in [-0.2, -0.15) is 0 Å². The Morgan fingerprint density at radius 3 is 2.90 bits per heavy atom. The fourth-order valence-corrected chi connectivity index (χ4v) is 2.50. The van der Waals surface area contributed by atoms with Crippen molar-refractivity contribution in [2.45, 2.75) is 46.0 Å². The summed E-state index contributed by atoms with van der Waals surface area (Å²) in [6.07, 6.45) is 2.43. The van der Waals surface area contributed by atoms with Crippen molar-refractivity contribution in [3.63, 3.8) is 0 Å². The van der Waals surface area contributed by atoms with E-state index in [1.54, 1.807) is 6.07 Å². The number of anilines is 1. The number of piperidine rings is 1. The Morgan fingerprint density at radius 2 is 2.30 bits per heavy atom. The predicted molar refractivity (Wildman–Crippen MR) is 78.7 cm³/mol. The van der Waals surface area contributed by atoms with Crippen LogP contribution >= 0.6 is 0 Å². The molecule has 5 heteroatoms. The fraction of sp³-hybridized carbons (Fsp3) is 0.733. The average Bonchev–Trinajstić information content (AvgIpc) is 2.76. The minimum absolute atomic E-state index is 0.0318. The first-order valence-electron chi connectivity index (χ1n) is 7.34. The number of carbonyl (C=O) groups excluding carboxylic acids is 1. The second-order valence-corrected chi connectivity index (χ2v) is 6.86. The average molecular weight is 279 g/mol. The highest BCUT2D eigenvalue weighted by Gasteiger charge is 2.21. The maximum absolute atomic E-state index is 12.0. The van der Waals surface area contributed by atoms with Crippen LogP contribution in [0.25, 0.3) is 0 Å². The molecule has 1 saturated heterocycles. The third kappa shape index (κ3) is 4.07. The van der Waals surface area contributed by atoms with E-state index >= 15 is 0 Å². The highest BCUT2D eigenvalue weighted by molar-refractivity contribution is 5.91. The maximum Gasteiger partial charge on any atom is 0.240 e. The Morgan fingerprint density at radius 1 is 1.55 bits per heavy atom. The lowest BCUT2D eigenvalue weighted by Gasteiger charge is -2.29. The van der Waals surface area contributed by atoms with Crippen molar-refractivity contribution in [3.05, 3.63) is 11.8 Å². The van der Waals surface area contributed by atoms with Crippen LogP contribution < -0.4 is 5.32 Å². The normalized spacial score (nSPS) is 20.9. The smallest absolute Gasteiger partial charge is 0.240 e. The van der Waals surface area contributed by atoms with Crippen molar-refractivity contribution in [1.29, 1.82) is 0 Å². The van der Waals surface area contributed by atoms with Crippen LogP contribution in [0.3, 0.4) is 0 Å². The summed E-state index contributed by atoms with van der Waals surface area (Å²) in [7, 11) is 0. The number of nitrogens with one attached hydrogen (secondary N) is 1. The highest BCUT2D eigenvalue weighted by Crippen LogP contribution is 2.23. The number of nitrogens with zero attached hydrogens (tertiary/aromatic N) is 2. The summed E-state index contributed by atoms with van der Waals surface area (Å²) >= 11 is 0. The molecule has 0 unspecified atom stereocenters. The summed E-state index contributed by atoms with van der Waals surface area (Å²) in [5.74, 6) is 1.08. The molecule has 2 rings (SSSR count). The van der Waals surface area contributed by atoms with Gasteiger partial charge in [-0.3, -0.25) is 15.0 Å². The minimum Gasteiger partial charge on any atom is -0.338 e. The van der Waals surface area contributed by atoms with E-state index in [1.807, 2.05) is 0 Å². The second kappa shape index (κ2) is 5.95.